The average Bonchev–Trinajstić information content (AvgIpc) is 2.84. The van der Waals surface area contributed by atoms with Crippen molar-refractivity contribution in [1.82, 2.24) is 5.32 Å². The van der Waals surface area contributed by atoms with Gasteiger partial charge in [-0.3, -0.25) is 0 Å². The summed E-state index contributed by atoms with van der Waals surface area (Å²) in [4.78, 5) is 0. The van der Waals surface area contributed by atoms with Crippen LogP contribution >= 0.6 is 11.6 Å². The SMILES string of the molecule is CCCNC(Cc1c(F)cccc1Cl)C1CCC(C)C1. The van der Waals surface area contributed by atoms with Crippen molar-refractivity contribution < 1.29 is 4.39 Å². The largest absolute Gasteiger partial charge is 0.313 e. The number of nitrogens with one attached hydrogen (secondary N) is 1. The van der Waals surface area contributed by atoms with Crippen molar-refractivity contribution in [1.29, 1.82) is 0 Å². The van der Waals surface area contributed by atoms with Crippen LogP contribution in [-0.2, 0) is 6.42 Å². The predicted octanol–water partition coefficient (Wildman–Crippen LogP) is 4.83. The molecule has 1 N–H and O–H groups in total. The summed E-state index contributed by atoms with van der Waals surface area (Å²) >= 11 is 6.18. The highest BCUT2D eigenvalue weighted by atomic mass is 35.5. The standard InChI is InChI=1S/C17H25ClFN/c1-3-9-20-17(13-8-7-12(2)10-13)11-14-15(18)5-4-6-16(14)19/h4-6,12-13,17,20H,3,7-11H2,1-2H3. The van der Waals surface area contributed by atoms with Crippen molar-refractivity contribution in [2.24, 2.45) is 11.8 Å². The van der Waals surface area contributed by atoms with E-state index in [0.717, 1.165) is 18.9 Å². The molecule has 0 radical (unpaired) electrons. The van der Waals surface area contributed by atoms with Crippen molar-refractivity contribution in [2.45, 2.75) is 52.0 Å². The normalized spacial score (nSPS) is 24.0. The molecule has 3 atom stereocenters. The zero-order chi connectivity index (χ0) is 14.5. The molecule has 2 rings (SSSR count). The highest BCUT2D eigenvalue weighted by molar-refractivity contribution is 6.31. The Bertz CT molecular complexity index is 415. The Morgan fingerprint density at radius 2 is 2.20 bits per heavy atom. The van der Waals surface area contributed by atoms with Gasteiger partial charge in [-0.05, 0) is 56.2 Å². The molecule has 3 unspecified atom stereocenters. The summed E-state index contributed by atoms with van der Waals surface area (Å²) in [5, 5.41) is 4.16. The van der Waals surface area contributed by atoms with E-state index in [2.05, 4.69) is 19.2 Å². The van der Waals surface area contributed by atoms with Crippen molar-refractivity contribution in [3.8, 4) is 0 Å². The topological polar surface area (TPSA) is 12.0 Å². The van der Waals surface area contributed by atoms with Crippen LogP contribution in [0.5, 0.6) is 0 Å². The van der Waals surface area contributed by atoms with Crippen LogP contribution in [0.25, 0.3) is 0 Å². The van der Waals surface area contributed by atoms with E-state index in [-0.39, 0.29) is 5.82 Å². The Balaban J connectivity index is 2.10. The van der Waals surface area contributed by atoms with Gasteiger partial charge >= 0.3 is 0 Å². The smallest absolute Gasteiger partial charge is 0.127 e. The first kappa shape index (κ1) is 15.8. The Hall–Kier alpha value is -0.600. The van der Waals surface area contributed by atoms with E-state index in [1.807, 2.05) is 0 Å². The fourth-order valence-corrected chi connectivity index (χ4v) is 3.54. The Morgan fingerprint density at radius 1 is 1.40 bits per heavy atom. The van der Waals surface area contributed by atoms with Crippen LogP contribution in [0.3, 0.4) is 0 Å². The van der Waals surface area contributed by atoms with E-state index in [9.17, 15) is 4.39 Å². The Labute approximate surface area is 126 Å². The minimum Gasteiger partial charge on any atom is -0.313 e. The first-order valence-corrected chi connectivity index (χ1v) is 8.15. The third kappa shape index (κ3) is 3.95. The summed E-state index contributed by atoms with van der Waals surface area (Å²) in [6.07, 6.45) is 5.58. The second kappa shape index (κ2) is 7.42. The molecule has 0 spiro atoms. The van der Waals surface area contributed by atoms with E-state index in [1.54, 1.807) is 12.1 Å². The maximum absolute atomic E-state index is 14.0. The molecule has 0 amide bonds. The van der Waals surface area contributed by atoms with Crippen LogP contribution in [0.4, 0.5) is 4.39 Å². The van der Waals surface area contributed by atoms with Crippen LogP contribution in [0.1, 0.15) is 45.1 Å². The number of halogens is 2. The molecule has 1 aromatic rings. The lowest BCUT2D eigenvalue weighted by Gasteiger charge is -2.25. The molecule has 0 aromatic heterocycles. The van der Waals surface area contributed by atoms with Crippen molar-refractivity contribution in [3.63, 3.8) is 0 Å². The lowest BCUT2D eigenvalue weighted by atomic mass is 9.91. The molecule has 0 saturated heterocycles. The van der Waals surface area contributed by atoms with Gasteiger partial charge in [0, 0.05) is 16.6 Å². The summed E-state index contributed by atoms with van der Waals surface area (Å²) < 4.78 is 14.0. The predicted molar refractivity (Wildman–Crippen MR) is 83.7 cm³/mol. The van der Waals surface area contributed by atoms with E-state index >= 15 is 0 Å². The van der Waals surface area contributed by atoms with Gasteiger partial charge in [-0.1, -0.05) is 37.9 Å². The van der Waals surface area contributed by atoms with Crippen molar-refractivity contribution in [3.05, 3.63) is 34.6 Å². The zero-order valence-corrected chi connectivity index (χ0v) is 13.2. The third-order valence-corrected chi connectivity index (χ3v) is 4.80. The molecule has 1 saturated carbocycles. The fourth-order valence-electron chi connectivity index (χ4n) is 3.30. The second-order valence-corrected chi connectivity index (χ2v) is 6.55. The Morgan fingerprint density at radius 3 is 2.80 bits per heavy atom. The van der Waals surface area contributed by atoms with Gasteiger partial charge in [-0.15, -0.1) is 0 Å². The minimum atomic E-state index is -0.174. The number of rotatable bonds is 6. The summed E-state index contributed by atoms with van der Waals surface area (Å²) in [5.74, 6) is 1.26. The van der Waals surface area contributed by atoms with E-state index < -0.39 is 0 Å². The van der Waals surface area contributed by atoms with Gasteiger partial charge in [0.1, 0.15) is 5.82 Å². The molecule has 1 fully saturated rings. The van der Waals surface area contributed by atoms with Gasteiger partial charge in [0.05, 0.1) is 0 Å². The number of benzene rings is 1. The van der Waals surface area contributed by atoms with E-state index in [0.29, 0.717) is 29.0 Å². The zero-order valence-electron chi connectivity index (χ0n) is 12.5. The fraction of sp³-hybridized carbons (Fsp3) is 0.647. The molecule has 0 aliphatic heterocycles. The molecule has 112 valence electrons. The van der Waals surface area contributed by atoms with Crippen molar-refractivity contribution >= 4 is 11.6 Å². The van der Waals surface area contributed by atoms with Crippen LogP contribution < -0.4 is 5.32 Å². The average molecular weight is 298 g/mol. The summed E-state index contributed by atoms with van der Waals surface area (Å²) in [5.41, 5.74) is 0.669. The van der Waals surface area contributed by atoms with Gasteiger partial charge in [-0.2, -0.15) is 0 Å². The third-order valence-electron chi connectivity index (χ3n) is 4.45. The molecule has 1 aliphatic rings. The molecule has 0 bridgehead atoms. The molecule has 1 nitrogen and oxygen atoms in total. The highest BCUT2D eigenvalue weighted by Crippen LogP contribution is 2.34. The first-order valence-electron chi connectivity index (χ1n) is 7.78. The van der Waals surface area contributed by atoms with Gasteiger partial charge < -0.3 is 5.32 Å². The molecule has 20 heavy (non-hydrogen) atoms. The lowest BCUT2D eigenvalue weighted by molar-refractivity contribution is 0.345. The van der Waals surface area contributed by atoms with Crippen LogP contribution in [0, 0.1) is 17.7 Å². The quantitative estimate of drug-likeness (QED) is 0.793. The summed E-state index contributed by atoms with van der Waals surface area (Å²) in [7, 11) is 0. The molecular formula is C17H25ClFN. The minimum absolute atomic E-state index is 0.174. The lowest BCUT2D eigenvalue weighted by Crippen LogP contribution is -2.38. The van der Waals surface area contributed by atoms with Gasteiger partial charge in [0.15, 0.2) is 0 Å². The maximum atomic E-state index is 14.0. The van der Waals surface area contributed by atoms with Crippen LogP contribution in [0.15, 0.2) is 18.2 Å². The van der Waals surface area contributed by atoms with Gasteiger partial charge in [0.2, 0.25) is 0 Å². The summed E-state index contributed by atoms with van der Waals surface area (Å²) in [6.45, 7) is 5.46. The highest BCUT2D eigenvalue weighted by Gasteiger charge is 2.29. The van der Waals surface area contributed by atoms with Crippen LogP contribution in [-0.4, -0.2) is 12.6 Å². The van der Waals surface area contributed by atoms with E-state index in [1.165, 1.54) is 25.3 Å². The van der Waals surface area contributed by atoms with E-state index in [4.69, 9.17) is 11.6 Å². The Kier molecular flexibility index (Phi) is 5.86. The molecule has 3 heteroatoms. The monoisotopic (exact) mass is 297 g/mol. The molecule has 1 aliphatic carbocycles. The van der Waals surface area contributed by atoms with Crippen molar-refractivity contribution in [2.75, 3.05) is 6.54 Å². The summed E-state index contributed by atoms with van der Waals surface area (Å²) in [6, 6.07) is 5.31. The first-order chi connectivity index (χ1) is 9.61. The van der Waals surface area contributed by atoms with Crippen LogP contribution in [0.2, 0.25) is 5.02 Å². The maximum Gasteiger partial charge on any atom is 0.127 e. The second-order valence-electron chi connectivity index (χ2n) is 6.14. The number of hydrogen-bond donors (Lipinski definition) is 1. The molecular weight excluding hydrogens is 273 g/mol. The number of hydrogen-bond acceptors (Lipinski definition) is 1. The van der Waals surface area contributed by atoms with Gasteiger partial charge in [0.25, 0.3) is 0 Å². The molecule has 1 aromatic carbocycles. The molecule has 0 heterocycles. The van der Waals surface area contributed by atoms with Gasteiger partial charge in [-0.25, -0.2) is 4.39 Å².